The van der Waals surface area contributed by atoms with E-state index in [2.05, 4.69) is 6.08 Å². The van der Waals surface area contributed by atoms with E-state index in [-0.39, 0.29) is 6.79 Å². The monoisotopic (exact) mass is 266 g/mol. The number of rotatable bonds is 2. The largest absolute Gasteiger partial charge is 0.454 e. The van der Waals surface area contributed by atoms with Crippen LogP contribution in [0.5, 0.6) is 11.5 Å². The van der Waals surface area contributed by atoms with Gasteiger partial charge in [0.15, 0.2) is 11.5 Å². The average molecular weight is 267 g/mol. The number of halogens is 1. The van der Waals surface area contributed by atoms with E-state index < -0.39 is 6.10 Å². The molecule has 1 aliphatic heterocycles. The smallest absolute Gasteiger partial charge is 0.231 e. The summed E-state index contributed by atoms with van der Waals surface area (Å²) in [6, 6.07) is 3.57. The van der Waals surface area contributed by atoms with Crippen molar-refractivity contribution in [1.82, 2.24) is 0 Å². The van der Waals surface area contributed by atoms with Crippen LogP contribution in [0.25, 0.3) is 0 Å². The molecule has 1 atom stereocenters. The molecular formula is C14H15ClO3. The number of ether oxygens (including phenoxy) is 2. The Morgan fingerprint density at radius 3 is 2.89 bits per heavy atom. The minimum Gasteiger partial charge on any atom is -0.454 e. The maximum absolute atomic E-state index is 10.4. The minimum absolute atomic E-state index is 0.192. The molecule has 1 aromatic rings. The molecule has 4 heteroatoms. The summed E-state index contributed by atoms with van der Waals surface area (Å²) >= 11 is 6.12. The second kappa shape index (κ2) is 4.82. The molecule has 18 heavy (non-hydrogen) atoms. The fourth-order valence-electron chi connectivity index (χ4n) is 2.47. The first kappa shape index (κ1) is 11.9. The first-order valence-electron chi connectivity index (χ1n) is 6.22. The molecule has 0 saturated heterocycles. The van der Waals surface area contributed by atoms with Gasteiger partial charge in [0.2, 0.25) is 6.79 Å². The van der Waals surface area contributed by atoms with Crippen LogP contribution in [0.3, 0.4) is 0 Å². The van der Waals surface area contributed by atoms with Crippen LogP contribution in [0.1, 0.15) is 37.4 Å². The van der Waals surface area contributed by atoms with Crippen molar-refractivity contribution in [3.63, 3.8) is 0 Å². The zero-order valence-electron chi connectivity index (χ0n) is 9.99. The molecule has 96 valence electrons. The van der Waals surface area contributed by atoms with Gasteiger partial charge in [0.25, 0.3) is 0 Å². The topological polar surface area (TPSA) is 38.7 Å². The van der Waals surface area contributed by atoms with Crippen LogP contribution in [-0.2, 0) is 0 Å². The van der Waals surface area contributed by atoms with Crippen LogP contribution in [0.4, 0.5) is 0 Å². The van der Waals surface area contributed by atoms with Crippen molar-refractivity contribution in [2.45, 2.75) is 31.8 Å². The van der Waals surface area contributed by atoms with Crippen molar-refractivity contribution < 1.29 is 14.6 Å². The van der Waals surface area contributed by atoms with Crippen molar-refractivity contribution in [3.8, 4) is 11.5 Å². The maximum Gasteiger partial charge on any atom is 0.231 e. The molecule has 0 fully saturated rings. The van der Waals surface area contributed by atoms with E-state index in [0.717, 1.165) is 30.4 Å². The molecule has 3 nitrogen and oxygen atoms in total. The number of allylic oxidation sites excluding steroid dienone is 1. The highest BCUT2D eigenvalue weighted by molar-refractivity contribution is 6.32. The predicted octanol–water partition coefficient (Wildman–Crippen LogP) is 3.60. The summed E-state index contributed by atoms with van der Waals surface area (Å²) in [5.74, 6) is 1.19. The Labute approximate surface area is 111 Å². The molecule has 1 aliphatic carbocycles. The zero-order valence-corrected chi connectivity index (χ0v) is 10.7. The highest BCUT2D eigenvalue weighted by Gasteiger charge is 2.22. The zero-order chi connectivity index (χ0) is 12.5. The van der Waals surface area contributed by atoms with Crippen molar-refractivity contribution in [2.75, 3.05) is 6.79 Å². The summed E-state index contributed by atoms with van der Waals surface area (Å²) in [7, 11) is 0. The number of aliphatic hydroxyl groups is 1. The molecule has 1 heterocycles. The second-order valence-electron chi connectivity index (χ2n) is 4.66. The highest BCUT2D eigenvalue weighted by atomic mass is 35.5. The molecule has 0 spiro atoms. The summed E-state index contributed by atoms with van der Waals surface area (Å²) in [5, 5.41) is 10.9. The Kier molecular flexibility index (Phi) is 3.18. The lowest BCUT2D eigenvalue weighted by Gasteiger charge is -2.19. The summed E-state index contributed by atoms with van der Waals surface area (Å²) < 4.78 is 10.6. The van der Waals surface area contributed by atoms with E-state index in [9.17, 15) is 5.11 Å². The summed E-state index contributed by atoms with van der Waals surface area (Å²) in [6.07, 6.45) is 5.89. The number of hydrogen-bond donors (Lipinski definition) is 1. The van der Waals surface area contributed by atoms with E-state index in [1.54, 1.807) is 6.07 Å². The van der Waals surface area contributed by atoms with Gasteiger partial charge >= 0.3 is 0 Å². The van der Waals surface area contributed by atoms with Gasteiger partial charge in [-0.3, -0.25) is 0 Å². The third-order valence-electron chi connectivity index (χ3n) is 3.44. The molecule has 1 unspecified atom stereocenters. The number of fused-ring (bicyclic) bond motifs is 1. The lowest BCUT2D eigenvalue weighted by molar-refractivity contribution is 0.173. The van der Waals surface area contributed by atoms with E-state index in [4.69, 9.17) is 21.1 Å². The van der Waals surface area contributed by atoms with E-state index in [1.807, 2.05) is 6.07 Å². The SMILES string of the molecule is OC(C1=CCCCC1)c1cc(Cl)c2c(c1)OCO2. The fourth-order valence-corrected chi connectivity index (χ4v) is 2.74. The van der Waals surface area contributed by atoms with Crippen molar-refractivity contribution >= 4 is 11.6 Å². The number of hydrogen-bond acceptors (Lipinski definition) is 3. The molecule has 0 radical (unpaired) electrons. The van der Waals surface area contributed by atoms with Crippen LogP contribution in [0.15, 0.2) is 23.8 Å². The van der Waals surface area contributed by atoms with Crippen molar-refractivity contribution in [2.24, 2.45) is 0 Å². The number of benzene rings is 1. The van der Waals surface area contributed by atoms with Crippen LogP contribution in [0.2, 0.25) is 5.02 Å². The summed E-state index contributed by atoms with van der Waals surface area (Å²) in [5.41, 5.74) is 1.86. The van der Waals surface area contributed by atoms with E-state index >= 15 is 0 Å². The van der Waals surface area contributed by atoms with Gasteiger partial charge in [0, 0.05) is 0 Å². The molecule has 0 saturated carbocycles. The Morgan fingerprint density at radius 2 is 2.11 bits per heavy atom. The normalized spacial score (nSPS) is 19.6. The molecule has 1 N–H and O–H groups in total. The first-order chi connectivity index (χ1) is 8.75. The fraction of sp³-hybridized carbons (Fsp3) is 0.429. The quantitative estimate of drug-likeness (QED) is 0.831. The van der Waals surface area contributed by atoms with Gasteiger partial charge in [-0.1, -0.05) is 17.7 Å². The van der Waals surface area contributed by atoms with Crippen molar-refractivity contribution in [1.29, 1.82) is 0 Å². The molecule has 3 rings (SSSR count). The second-order valence-corrected chi connectivity index (χ2v) is 5.07. The molecule has 0 bridgehead atoms. The van der Waals surface area contributed by atoms with Gasteiger partial charge in [-0.15, -0.1) is 0 Å². The molecule has 0 aromatic heterocycles. The Bertz CT molecular complexity index is 496. The Morgan fingerprint density at radius 1 is 1.22 bits per heavy atom. The minimum atomic E-state index is -0.586. The van der Waals surface area contributed by atoms with E-state index in [0.29, 0.717) is 16.5 Å². The Hall–Kier alpha value is -1.19. The summed E-state index contributed by atoms with van der Waals surface area (Å²) in [4.78, 5) is 0. The van der Waals surface area contributed by atoms with Crippen LogP contribution in [0, 0.1) is 0 Å². The van der Waals surface area contributed by atoms with Gasteiger partial charge in [0.1, 0.15) is 6.10 Å². The third-order valence-corrected chi connectivity index (χ3v) is 3.72. The third kappa shape index (κ3) is 2.08. The first-order valence-corrected chi connectivity index (χ1v) is 6.59. The lowest BCUT2D eigenvalue weighted by atomic mass is 9.91. The standard InChI is InChI=1S/C14H15ClO3/c15-11-6-10(7-12-14(11)18-8-17-12)13(16)9-4-2-1-3-5-9/h4,6-7,13,16H,1-3,5,8H2. The van der Waals surface area contributed by atoms with Crippen LogP contribution >= 0.6 is 11.6 Å². The molecular weight excluding hydrogens is 252 g/mol. The van der Waals surface area contributed by atoms with E-state index in [1.165, 1.54) is 6.42 Å². The molecule has 0 amide bonds. The van der Waals surface area contributed by atoms with Gasteiger partial charge < -0.3 is 14.6 Å². The number of aliphatic hydroxyl groups excluding tert-OH is 1. The Balaban J connectivity index is 1.92. The van der Waals surface area contributed by atoms with Gasteiger partial charge in [-0.2, -0.15) is 0 Å². The average Bonchev–Trinajstić information content (AvgIpc) is 2.88. The van der Waals surface area contributed by atoms with Gasteiger partial charge in [0.05, 0.1) is 5.02 Å². The predicted molar refractivity (Wildman–Crippen MR) is 69.1 cm³/mol. The van der Waals surface area contributed by atoms with Crippen LogP contribution in [-0.4, -0.2) is 11.9 Å². The maximum atomic E-state index is 10.4. The molecule has 2 aliphatic rings. The molecule has 1 aromatic carbocycles. The van der Waals surface area contributed by atoms with Gasteiger partial charge in [-0.25, -0.2) is 0 Å². The summed E-state index contributed by atoms with van der Waals surface area (Å²) in [6.45, 7) is 0.192. The van der Waals surface area contributed by atoms with Crippen LogP contribution < -0.4 is 9.47 Å². The van der Waals surface area contributed by atoms with Crippen molar-refractivity contribution in [3.05, 3.63) is 34.4 Å². The lowest BCUT2D eigenvalue weighted by Crippen LogP contribution is -2.04. The van der Waals surface area contributed by atoms with Gasteiger partial charge in [-0.05, 0) is 49.0 Å². The highest BCUT2D eigenvalue weighted by Crippen LogP contribution is 2.42.